The summed E-state index contributed by atoms with van der Waals surface area (Å²) >= 11 is 0. The van der Waals surface area contributed by atoms with Crippen molar-refractivity contribution >= 4 is 21.6 Å². The van der Waals surface area contributed by atoms with E-state index in [0.717, 1.165) is 36.0 Å². The molecule has 2 atom stereocenters. The summed E-state index contributed by atoms with van der Waals surface area (Å²) in [5.74, 6) is 0.473. The van der Waals surface area contributed by atoms with E-state index in [-0.39, 0.29) is 17.6 Å². The summed E-state index contributed by atoms with van der Waals surface area (Å²) in [7, 11) is -3.67. The summed E-state index contributed by atoms with van der Waals surface area (Å²) in [5.41, 5.74) is 2.08. The molecule has 1 aliphatic rings. The van der Waals surface area contributed by atoms with E-state index in [1.54, 1.807) is 12.1 Å². The summed E-state index contributed by atoms with van der Waals surface area (Å²) in [5, 5.41) is 3.16. The number of hydrogen-bond donors (Lipinski definition) is 1. The molecule has 0 saturated heterocycles. The number of carbonyl (C=O) groups is 1. The number of hydrogen-bond acceptors (Lipinski definition) is 4. The summed E-state index contributed by atoms with van der Waals surface area (Å²) in [6.07, 6.45) is 3.78. The Labute approximate surface area is 192 Å². The Morgan fingerprint density at radius 1 is 1.12 bits per heavy atom. The van der Waals surface area contributed by atoms with E-state index in [9.17, 15) is 13.2 Å². The van der Waals surface area contributed by atoms with Gasteiger partial charge >= 0.3 is 0 Å². The Morgan fingerprint density at radius 2 is 1.75 bits per heavy atom. The molecule has 3 rings (SSSR count). The zero-order chi connectivity index (χ0) is 23.5. The van der Waals surface area contributed by atoms with Gasteiger partial charge in [0.25, 0.3) is 0 Å². The highest BCUT2D eigenvalue weighted by molar-refractivity contribution is 7.92. The molecule has 7 heteroatoms. The quantitative estimate of drug-likeness (QED) is 0.620. The first-order valence-corrected chi connectivity index (χ1v) is 13.1. The van der Waals surface area contributed by atoms with Crippen molar-refractivity contribution in [2.75, 3.05) is 10.6 Å². The molecule has 0 radical (unpaired) electrons. The molecule has 32 heavy (non-hydrogen) atoms. The monoisotopic (exact) mass is 458 g/mol. The molecular formula is C25H34N2O4S. The summed E-state index contributed by atoms with van der Waals surface area (Å²) < 4.78 is 33.0. The standard InChI is InChI=1S/C25H34N2O4S/c1-6-22(27(32(5,29)30)19-15-13-18(4)14-16-19)24(28)26-21-17-25(7-2,8-3)31-23-12-10-9-11-20(21)23/h9-16,21-22H,6-8,17H2,1-5H3,(H,26,28)/t21-,22-/m0/s1. The number of nitrogens with one attached hydrogen (secondary N) is 1. The highest BCUT2D eigenvalue weighted by atomic mass is 32.2. The maximum atomic E-state index is 13.5. The van der Waals surface area contributed by atoms with Gasteiger partial charge in [-0.2, -0.15) is 0 Å². The Kier molecular flexibility index (Phi) is 7.18. The fraction of sp³-hybridized carbons (Fsp3) is 0.480. The average Bonchev–Trinajstić information content (AvgIpc) is 2.77. The molecule has 1 amide bonds. The SMILES string of the molecule is CC[C@@H](C(=O)N[C@H]1CC(CC)(CC)Oc2ccccc21)N(c1ccc(C)cc1)S(C)(=O)=O. The van der Waals surface area contributed by atoms with Crippen LogP contribution < -0.4 is 14.4 Å². The first-order chi connectivity index (χ1) is 15.1. The molecule has 1 N–H and O–H groups in total. The lowest BCUT2D eigenvalue weighted by Gasteiger charge is -2.42. The highest BCUT2D eigenvalue weighted by Gasteiger charge is 2.40. The van der Waals surface area contributed by atoms with E-state index in [4.69, 9.17) is 4.74 Å². The Hall–Kier alpha value is -2.54. The summed E-state index contributed by atoms with van der Waals surface area (Å²) in [4.78, 5) is 13.5. The molecule has 0 aliphatic carbocycles. The lowest BCUT2D eigenvalue weighted by molar-refractivity contribution is -0.123. The van der Waals surface area contributed by atoms with E-state index in [0.29, 0.717) is 18.5 Å². The summed E-state index contributed by atoms with van der Waals surface area (Å²) in [6, 6.07) is 13.8. The molecule has 174 valence electrons. The van der Waals surface area contributed by atoms with Crippen LogP contribution in [0.2, 0.25) is 0 Å². The second kappa shape index (κ2) is 9.53. The minimum atomic E-state index is -3.67. The number of ether oxygens (including phenoxy) is 1. The van der Waals surface area contributed by atoms with E-state index in [1.165, 1.54) is 4.31 Å². The average molecular weight is 459 g/mol. The van der Waals surface area contributed by atoms with Gasteiger partial charge in [0.15, 0.2) is 0 Å². The number of carbonyl (C=O) groups excluding carboxylic acids is 1. The second-order valence-electron chi connectivity index (χ2n) is 8.61. The first kappa shape index (κ1) is 24.1. The van der Waals surface area contributed by atoms with Crippen molar-refractivity contribution in [1.82, 2.24) is 5.32 Å². The number of para-hydroxylation sites is 1. The molecule has 1 aliphatic heterocycles. The van der Waals surface area contributed by atoms with Crippen LogP contribution in [-0.4, -0.2) is 32.2 Å². The van der Waals surface area contributed by atoms with Crippen molar-refractivity contribution in [3.8, 4) is 5.75 Å². The molecular weight excluding hydrogens is 424 g/mol. The van der Waals surface area contributed by atoms with Gasteiger partial charge in [-0.15, -0.1) is 0 Å². The molecule has 2 aromatic rings. The number of rotatable bonds is 8. The van der Waals surface area contributed by atoms with Crippen LogP contribution in [0.3, 0.4) is 0 Å². The minimum absolute atomic E-state index is 0.249. The number of aryl methyl sites for hydroxylation is 1. The van der Waals surface area contributed by atoms with E-state index in [2.05, 4.69) is 19.2 Å². The lowest BCUT2D eigenvalue weighted by Crippen LogP contribution is -2.52. The third-order valence-electron chi connectivity index (χ3n) is 6.42. The fourth-order valence-corrected chi connectivity index (χ4v) is 5.66. The zero-order valence-electron chi connectivity index (χ0n) is 19.6. The van der Waals surface area contributed by atoms with Crippen LogP contribution in [-0.2, 0) is 14.8 Å². The largest absolute Gasteiger partial charge is 0.487 e. The van der Waals surface area contributed by atoms with Gasteiger partial charge in [0.2, 0.25) is 15.9 Å². The Balaban J connectivity index is 1.95. The van der Waals surface area contributed by atoms with Crippen LogP contribution in [0.4, 0.5) is 5.69 Å². The lowest BCUT2D eigenvalue weighted by atomic mass is 9.83. The molecule has 0 aromatic heterocycles. The maximum absolute atomic E-state index is 13.5. The number of nitrogens with zero attached hydrogens (tertiary/aromatic N) is 1. The molecule has 0 bridgehead atoms. The molecule has 6 nitrogen and oxygen atoms in total. The third-order valence-corrected chi connectivity index (χ3v) is 7.60. The van der Waals surface area contributed by atoms with Crippen LogP contribution >= 0.6 is 0 Å². The van der Waals surface area contributed by atoms with Gasteiger partial charge in [-0.1, -0.05) is 56.7 Å². The maximum Gasteiger partial charge on any atom is 0.244 e. The van der Waals surface area contributed by atoms with Crippen molar-refractivity contribution in [1.29, 1.82) is 0 Å². The van der Waals surface area contributed by atoms with Crippen LogP contribution in [0.5, 0.6) is 5.75 Å². The molecule has 2 aromatic carbocycles. The van der Waals surface area contributed by atoms with Crippen LogP contribution in [0.1, 0.15) is 63.6 Å². The molecule has 0 spiro atoms. The van der Waals surface area contributed by atoms with Gasteiger partial charge in [0.1, 0.15) is 17.4 Å². The molecule has 0 fully saturated rings. The van der Waals surface area contributed by atoms with Gasteiger partial charge in [0.05, 0.1) is 18.0 Å². The predicted octanol–water partition coefficient (Wildman–Crippen LogP) is 4.74. The number of sulfonamides is 1. The Bertz CT molecular complexity index is 1050. The normalized spacial score (nSPS) is 18.2. The molecule has 0 unspecified atom stereocenters. The highest BCUT2D eigenvalue weighted by Crippen LogP contribution is 2.42. The minimum Gasteiger partial charge on any atom is -0.487 e. The van der Waals surface area contributed by atoms with E-state index in [1.807, 2.05) is 50.2 Å². The summed E-state index contributed by atoms with van der Waals surface area (Å²) in [6.45, 7) is 7.95. The van der Waals surface area contributed by atoms with E-state index >= 15 is 0 Å². The number of amides is 1. The van der Waals surface area contributed by atoms with Crippen LogP contribution in [0.25, 0.3) is 0 Å². The van der Waals surface area contributed by atoms with Crippen LogP contribution in [0.15, 0.2) is 48.5 Å². The molecule has 0 saturated carbocycles. The number of benzene rings is 2. The van der Waals surface area contributed by atoms with Gasteiger partial charge in [0, 0.05) is 12.0 Å². The molecule has 1 heterocycles. The van der Waals surface area contributed by atoms with Crippen molar-refractivity contribution in [3.05, 3.63) is 59.7 Å². The van der Waals surface area contributed by atoms with Gasteiger partial charge in [-0.05, 0) is 44.4 Å². The Morgan fingerprint density at radius 3 is 2.31 bits per heavy atom. The topological polar surface area (TPSA) is 75.7 Å². The second-order valence-corrected chi connectivity index (χ2v) is 10.5. The van der Waals surface area contributed by atoms with Crippen molar-refractivity contribution < 1.29 is 17.9 Å². The third kappa shape index (κ3) is 4.93. The van der Waals surface area contributed by atoms with Gasteiger partial charge in [-0.3, -0.25) is 9.10 Å². The van der Waals surface area contributed by atoms with Crippen molar-refractivity contribution in [2.45, 2.75) is 71.1 Å². The predicted molar refractivity (Wildman–Crippen MR) is 128 cm³/mol. The van der Waals surface area contributed by atoms with Gasteiger partial charge in [-0.25, -0.2) is 8.42 Å². The van der Waals surface area contributed by atoms with Crippen molar-refractivity contribution in [2.24, 2.45) is 0 Å². The number of fused-ring (bicyclic) bond motifs is 1. The van der Waals surface area contributed by atoms with Crippen molar-refractivity contribution in [3.63, 3.8) is 0 Å². The van der Waals surface area contributed by atoms with Crippen LogP contribution in [0, 0.1) is 6.92 Å². The zero-order valence-corrected chi connectivity index (χ0v) is 20.4. The first-order valence-electron chi connectivity index (χ1n) is 11.3. The smallest absolute Gasteiger partial charge is 0.244 e. The van der Waals surface area contributed by atoms with E-state index < -0.39 is 16.1 Å². The fourth-order valence-electron chi connectivity index (χ4n) is 4.45. The number of anilines is 1. The van der Waals surface area contributed by atoms with Gasteiger partial charge < -0.3 is 10.1 Å².